The van der Waals surface area contributed by atoms with Gasteiger partial charge in [-0.3, -0.25) is 20.9 Å². The Balaban J connectivity index is 3.46. The van der Waals surface area contributed by atoms with Crippen molar-refractivity contribution in [3.8, 4) is 11.8 Å². The van der Waals surface area contributed by atoms with E-state index in [9.17, 15) is 10.1 Å². The van der Waals surface area contributed by atoms with Crippen molar-refractivity contribution in [2.45, 2.75) is 0 Å². The highest BCUT2D eigenvalue weighted by Crippen LogP contribution is 2.43. The van der Waals surface area contributed by atoms with Gasteiger partial charge < -0.3 is 10.5 Å². The smallest absolute Gasteiger partial charge is 0.337 e. The van der Waals surface area contributed by atoms with E-state index in [1.165, 1.54) is 7.11 Å². The fourth-order valence-electron chi connectivity index (χ4n) is 1.32. The standard InChI is InChI=1S/C10H8BrIN6O3/c1-21-9-4(11)2-5(12)7(8(9)18(19)20)17-16-6(3-13)10(14)15/h2,17H,1H3,(H3,14,15)/b16-6+. The Kier molecular flexibility index (Phi) is 5.85. The Hall–Kier alpha value is -1.94. The number of ether oxygens (including phenoxy) is 1. The van der Waals surface area contributed by atoms with E-state index < -0.39 is 10.8 Å². The third-order valence-corrected chi connectivity index (χ3v) is 3.63. The molecule has 0 saturated carbocycles. The zero-order valence-corrected chi connectivity index (χ0v) is 14.2. The van der Waals surface area contributed by atoms with Crippen LogP contribution in [0, 0.1) is 30.4 Å². The van der Waals surface area contributed by atoms with Gasteiger partial charge in [0.2, 0.25) is 11.5 Å². The predicted molar refractivity (Wildman–Crippen MR) is 88.7 cm³/mol. The van der Waals surface area contributed by atoms with Crippen LogP contribution in [-0.4, -0.2) is 23.6 Å². The third kappa shape index (κ3) is 3.79. The number of hydrogen-bond acceptors (Lipinski definition) is 7. The maximum Gasteiger partial charge on any atom is 0.337 e. The highest BCUT2D eigenvalue weighted by atomic mass is 127. The van der Waals surface area contributed by atoms with Gasteiger partial charge in [-0.2, -0.15) is 10.4 Å². The van der Waals surface area contributed by atoms with Gasteiger partial charge in [0.15, 0.2) is 11.5 Å². The van der Waals surface area contributed by atoms with E-state index in [4.69, 9.17) is 21.1 Å². The van der Waals surface area contributed by atoms with E-state index in [2.05, 4.69) is 26.5 Å². The van der Waals surface area contributed by atoms with Gasteiger partial charge in [-0.15, -0.1) is 0 Å². The van der Waals surface area contributed by atoms with Gasteiger partial charge in [-0.05, 0) is 44.6 Å². The first-order valence-electron chi connectivity index (χ1n) is 5.12. The van der Waals surface area contributed by atoms with Gasteiger partial charge in [-0.1, -0.05) is 0 Å². The lowest BCUT2D eigenvalue weighted by Gasteiger charge is -2.10. The van der Waals surface area contributed by atoms with Crippen molar-refractivity contribution in [2.24, 2.45) is 10.8 Å². The minimum atomic E-state index is -0.635. The highest BCUT2D eigenvalue weighted by Gasteiger charge is 2.26. The summed E-state index contributed by atoms with van der Waals surface area (Å²) in [6, 6.07) is 3.19. The molecule has 0 aliphatic heterocycles. The number of hydrazone groups is 1. The van der Waals surface area contributed by atoms with Crippen LogP contribution < -0.4 is 15.9 Å². The summed E-state index contributed by atoms with van der Waals surface area (Å²) in [6.07, 6.45) is 0. The summed E-state index contributed by atoms with van der Waals surface area (Å²) < 4.78 is 5.88. The highest BCUT2D eigenvalue weighted by molar-refractivity contribution is 14.1. The van der Waals surface area contributed by atoms with Crippen LogP contribution in [0.2, 0.25) is 0 Å². The van der Waals surface area contributed by atoms with Crippen molar-refractivity contribution >= 4 is 61.4 Å². The van der Waals surface area contributed by atoms with E-state index in [0.717, 1.165) is 0 Å². The molecule has 0 aromatic heterocycles. The molecule has 4 N–H and O–H groups in total. The first kappa shape index (κ1) is 17.1. The number of anilines is 1. The molecule has 9 nitrogen and oxygen atoms in total. The number of amidine groups is 1. The maximum absolute atomic E-state index is 11.2. The minimum absolute atomic E-state index is 0.0134. The number of rotatable bonds is 5. The lowest BCUT2D eigenvalue weighted by molar-refractivity contribution is -0.385. The van der Waals surface area contributed by atoms with E-state index in [-0.39, 0.29) is 22.8 Å². The average Bonchev–Trinajstić information content (AvgIpc) is 2.40. The predicted octanol–water partition coefficient (Wildman–Crippen LogP) is 2.20. The number of benzene rings is 1. The largest absolute Gasteiger partial charge is 0.489 e. The fourth-order valence-corrected chi connectivity index (χ4v) is 3.01. The molecule has 1 aromatic rings. The van der Waals surface area contributed by atoms with Crippen molar-refractivity contribution in [3.63, 3.8) is 0 Å². The summed E-state index contributed by atoms with van der Waals surface area (Å²) in [4.78, 5) is 10.6. The zero-order chi connectivity index (χ0) is 16.2. The van der Waals surface area contributed by atoms with Crippen LogP contribution in [0.5, 0.6) is 5.75 Å². The van der Waals surface area contributed by atoms with Crippen LogP contribution in [0.3, 0.4) is 0 Å². The quantitative estimate of drug-likeness (QED) is 0.199. The molecule has 1 rings (SSSR count). The summed E-state index contributed by atoms with van der Waals surface area (Å²) in [5.74, 6) is -0.536. The summed E-state index contributed by atoms with van der Waals surface area (Å²) >= 11 is 5.04. The van der Waals surface area contributed by atoms with E-state index in [1.807, 2.05) is 22.6 Å². The Morgan fingerprint density at radius 3 is 2.81 bits per heavy atom. The number of hydrogen-bond donors (Lipinski definition) is 3. The lowest BCUT2D eigenvalue weighted by Crippen LogP contribution is -2.22. The zero-order valence-electron chi connectivity index (χ0n) is 10.5. The summed E-state index contributed by atoms with van der Waals surface area (Å²) in [6.45, 7) is 0. The molecule has 0 atom stereocenters. The Morgan fingerprint density at radius 1 is 1.76 bits per heavy atom. The number of nitrogens with one attached hydrogen (secondary N) is 2. The second-order valence-corrected chi connectivity index (χ2v) is 5.47. The molecule has 0 bridgehead atoms. The molecule has 0 aliphatic carbocycles. The molecule has 0 radical (unpaired) electrons. The lowest BCUT2D eigenvalue weighted by atomic mass is 10.2. The van der Waals surface area contributed by atoms with Crippen molar-refractivity contribution in [3.05, 3.63) is 24.2 Å². The minimum Gasteiger partial charge on any atom is -0.489 e. The molecule has 0 spiro atoms. The van der Waals surface area contributed by atoms with Gasteiger partial charge in [0.1, 0.15) is 6.07 Å². The second kappa shape index (κ2) is 7.18. The van der Waals surface area contributed by atoms with Crippen LogP contribution in [0.25, 0.3) is 0 Å². The molecule has 110 valence electrons. The number of nitriles is 1. The Morgan fingerprint density at radius 2 is 2.38 bits per heavy atom. The van der Waals surface area contributed by atoms with Crippen LogP contribution >= 0.6 is 38.5 Å². The molecule has 1 aromatic carbocycles. The molecule has 21 heavy (non-hydrogen) atoms. The van der Waals surface area contributed by atoms with Crippen LogP contribution in [0.4, 0.5) is 11.4 Å². The topological polar surface area (TPSA) is 150 Å². The van der Waals surface area contributed by atoms with Crippen molar-refractivity contribution in [2.75, 3.05) is 12.5 Å². The molecule has 0 aliphatic rings. The molecular formula is C10H8BrIN6O3. The van der Waals surface area contributed by atoms with Gasteiger partial charge in [-0.25, -0.2) is 0 Å². The Bertz CT molecular complexity index is 684. The first-order valence-corrected chi connectivity index (χ1v) is 6.99. The van der Waals surface area contributed by atoms with Crippen LogP contribution in [0.1, 0.15) is 0 Å². The van der Waals surface area contributed by atoms with Gasteiger partial charge in [0.25, 0.3) is 0 Å². The molecule has 0 heterocycles. The molecular weight excluding hydrogens is 459 g/mol. The Labute approximate surface area is 141 Å². The number of methoxy groups -OCH3 is 1. The monoisotopic (exact) mass is 466 g/mol. The summed E-state index contributed by atoms with van der Waals surface area (Å²) in [5.41, 5.74) is 6.84. The van der Waals surface area contributed by atoms with Crippen LogP contribution in [-0.2, 0) is 0 Å². The average molecular weight is 467 g/mol. The number of nitro benzene ring substituents is 1. The van der Waals surface area contributed by atoms with Gasteiger partial charge in [0.05, 0.1) is 16.5 Å². The van der Waals surface area contributed by atoms with Crippen molar-refractivity contribution < 1.29 is 9.66 Å². The summed E-state index contributed by atoms with van der Waals surface area (Å²) in [7, 11) is 1.29. The van der Waals surface area contributed by atoms with Crippen LogP contribution in [0.15, 0.2) is 15.6 Å². The van der Waals surface area contributed by atoms with E-state index >= 15 is 0 Å². The second-order valence-electron chi connectivity index (χ2n) is 3.45. The summed E-state index contributed by atoms with van der Waals surface area (Å²) in [5, 5.41) is 30.7. The molecule has 0 amide bonds. The van der Waals surface area contributed by atoms with Crippen molar-refractivity contribution in [1.29, 1.82) is 10.7 Å². The van der Waals surface area contributed by atoms with E-state index in [0.29, 0.717) is 8.04 Å². The maximum atomic E-state index is 11.2. The number of nitrogens with two attached hydrogens (primary N) is 1. The van der Waals surface area contributed by atoms with E-state index in [1.54, 1.807) is 12.1 Å². The van der Waals surface area contributed by atoms with Gasteiger partial charge >= 0.3 is 5.69 Å². The third-order valence-electron chi connectivity index (χ3n) is 2.19. The normalized spacial score (nSPS) is 10.7. The van der Waals surface area contributed by atoms with Crippen molar-refractivity contribution in [1.82, 2.24) is 0 Å². The van der Waals surface area contributed by atoms with Gasteiger partial charge in [0, 0.05) is 3.57 Å². The molecule has 0 fully saturated rings. The molecule has 0 unspecified atom stereocenters. The SMILES string of the molecule is COc1c(Br)cc(I)c(N/N=C(\C#N)C(=N)N)c1[N+](=O)[O-]. The molecule has 11 heteroatoms. The number of halogens is 2. The first-order chi connectivity index (χ1) is 9.83. The number of nitro groups is 1. The number of nitrogens with zero attached hydrogens (tertiary/aromatic N) is 3. The fraction of sp³-hybridized carbons (Fsp3) is 0.100. The molecule has 0 saturated heterocycles.